The molecular weight excluding hydrogens is 310 g/mol. The molecule has 0 saturated carbocycles. The average molecular weight is 335 g/mol. The van der Waals surface area contributed by atoms with Gasteiger partial charge in [-0.05, 0) is 60.3 Å². The fourth-order valence-corrected chi connectivity index (χ4v) is 3.75. The number of carbonyl (C=O) groups is 1. The van der Waals surface area contributed by atoms with Crippen molar-refractivity contribution in [3.63, 3.8) is 0 Å². The second kappa shape index (κ2) is 7.38. The summed E-state index contributed by atoms with van der Waals surface area (Å²) in [5.41, 5.74) is 5.84. The molecule has 2 aliphatic rings. The molecule has 1 fully saturated rings. The lowest BCUT2D eigenvalue weighted by Gasteiger charge is -2.15. The Hall–Kier alpha value is -2.17. The molecule has 0 radical (unpaired) electrons. The van der Waals surface area contributed by atoms with E-state index in [1.165, 1.54) is 42.6 Å². The second-order valence-electron chi connectivity index (χ2n) is 7.07. The SMILES string of the molecule is O=C(NCc1ccc2c(c1)CNC2)c1cccc(CN2CCCC2)c1. The van der Waals surface area contributed by atoms with Crippen molar-refractivity contribution in [3.8, 4) is 0 Å². The lowest BCUT2D eigenvalue weighted by Crippen LogP contribution is -2.23. The van der Waals surface area contributed by atoms with Crippen LogP contribution in [0.25, 0.3) is 0 Å². The molecule has 2 aromatic rings. The lowest BCUT2D eigenvalue weighted by molar-refractivity contribution is 0.0950. The van der Waals surface area contributed by atoms with E-state index in [0.29, 0.717) is 6.54 Å². The molecular formula is C21H25N3O. The van der Waals surface area contributed by atoms with Gasteiger partial charge in [0.1, 0.15) is 0 Å². The van der Waals surface area contributed by atoms with Crippen molar-refractivity contribution in [3.05, 3.63) is 70.3 Å². The van der Waals surface area contributed by atoms with Gasteiger partial charge in [-0.2, -0.15) is 0 Å². The van der Waals surface area contributed by atoms with Crippen LogP contribution in [0.5, 0.6) is 0 Å². The van der Waals surface area contributed by atoms with Gasteiger partial charge in [0.25, 0.3) is 5.91 Å². The van der Waals surface area contributed by atoms with Crippen molar-refractivity contribution in [1.82, 2.24) is 15.5 Å². The monoisotopic (exact) mass is 335 g/mol. The van der Waals surface area contributed by atoms with Crippen molar-refractivity contribution in [1.29, 1.82) is 0 Å². The minimum Gasteiger partial charge on any atom is -0.348 e. The van der Waals surface area contributed by atoms with Crippen LogP contribution < -0.4 is 10.6 Å². The van der Waals surface area contributed by atoms with Crippen LogP contribution in [0.1, 0.15) is 45.5 Å². The Labute approximate surface area is 149 Å². The number of rotatable bonds is 5. The molecule has 1 amide bonds. The topological polar surface area (TPSA) is 44.4 Å². The van der Waals surface area contributed by atoms with E-state index in [1.54, 1.807) is 0 Å². The van der Waals surface area contributed by atoms with E-state index in [4.69, 9.17) is 0 Å². The highest BCUT2D eigenvalue weighted by molar-refractivity contribution is 5.94. The Balaban J connectivity index is 1.37. The van der Waals surface area contributed by atoms with Gasteiger partial charge in [-0.25, -0.2) is 0 Å². The zero-order valence-corrected chi connectivity index (χ0v) is 14.6. The van der Waals surface area contributed by atoms with Gasteiger partial charge in [-0.3, -0.25) is 9.69 Å². The Morgan fingerprint density at radius 1 is 1.00 bits per heavy atom. The first-order chi connectivity index (χ1) is 12.3. The summed E-state index contributed by atoms with van der Waals surface area (Å²) in [6.45, 7) is 5.73. The number of fused-ring (bicyclic) bond motifs is 1. The summed E-state index contributed by atoms with van der Waals surface area (Å²) in [6, 6.07) is 14.5. The van der Waals surface area contributed by atoms with Gasteiger partial charge in [0.05, 0.1) is 0 Å². The molecule has 0 unspecified atom stereocenters. The number of nitrogens with zero attached hydrogens (tertiary/aromatic N) is 1. The van der Waals surface area contributed by atoms with Crippen LogP contribution in [0, 0.1) is 0 Å². The Kier molecular flexibility index (Phi) is 4.81. The zero-order valence-electron chi connectivity index (χ0n) is 14.6. The van der Waals surface area contributed by atoms with Crippen LogP contribution in [-0.2, 0) is 26.2 Å². The van der Waals surface area contributed by atoms with E-state index in [9.17, 15) is 4.79 Å². The Morgan fingerprint density at radius 2 is 1.84 bits per heavy atom. The fourth-order valence-electron chi connectivity index (χ4n) is 3.75. The molecule has 130 valence electrons. The molecule has 0 atom stereocenters. The summed E-state index contributed by atoms with van der Waals surface area (Å²) in [7, 11) is 0. The molecule has 2 aromatic carbocycles. The van der Waals surface area contributed by atoms with Gasteiger partial charge in [-0.15, -0.1) is 0 Å². The van der Waals surface area contributed by atoms with Gasteiger partial charge in [0, 0.05) is 31.7 Å². The highest BCUT2D eigenvalue weighted by Gasteiger charge is 2.14. The quantitative estimate of drug-likeness (QED) is 0.883. The van der Waals surface area contributed by atoms with E-state index in [1.807, 2.05) is 18.2 Å². The summed E-state index contributed by atoms with van der Waals surface area (Å²) in [5, 5.41) is 6.40. The molecule has 25 heavy (non-hydrogen) atoms. The van der Waals surface area contributed by atoms with Crippen molar-refractivity contribution < 1.29 is 4.79 Å². The maximum absolute atomic E-state index is 12.5. The van der Waals surface area contributed by atoms with E-state index in [0.717, 1.165) is 30.8 Å². The first-order valence-corrected chi connectivity index (χ1v) is 9.19. The van der Waals surface area contributed by atoms with Crippen molar-refractivity contribution in [2.24, 2.45) is 0 Å². The maximum atomic E-state index is 12.5. The van der Waals surface area contributed by atoms with Gasteiger partial charge in [0.15, 0.2) is 0 Å². The molecule has 4 heteroatoms. The first kappa shape index (κ1) is 16.3. The lowest BCUT2D eigenvalue weighted by atomic mass is 10.1. The van der Waals surface area contributed by atoms with E-state index in [-0.39, 0.29) is 5.91 Å². The van der Waals surface area contributed by atoms with Gasteiger partial charge < -0.3 is 10.6 Å². The maximum Gasteiger partial charge on any atom is 0.251 e. The number of hydrogen-bond donors (Lipinski definition) is 2. The third-order valence-corrected chi connectivity index (χ3v) is 5.15. The van der Waals surface area contributed by atoms with Crippen LogP contribution >= 0.6 is 0 Å². The molecule has 0 spiro atoms. The van der Waals surface area contributed by atoms with E-state index in [2.05, 4.69) is 39.8 Å². The predicted molar refractivity (Wildman–Crippen MR) is 99.1 cm³/mol. The van der Waals surface area contributed by atoms with Crippen molar-refractivity contribution in [2.75, 3.05) is 13.1 Å². The molecule has 4 nitrogen and oxygen atoms in total. The molecule has 0 aliphatic carbocycles. The number of hydrogen-bond acceptors (Lipinski definition) is 3. The molecule has 0 bridgehead atoms. The Morgan fingerprint density at radius 3 is 2.72 bits per heavy atom. The third kappa shape index (κ3) is 3.91. The normalized spacial score (nSPS) is 16.8. The first-order valence-electron chi connectivity index (χ1n) is 9.19. The average Bonchev–Trinajstić information content (AvgIpc) is 3.31. The number of likely N-dealkylation sites (tertiary alicyclic amines) is 1. The highest BCUT2D eigenvalue weighted by Crippen LogP contribution is 2.17. The van der Waals surface area contributed by atoms with Crippen molar-refractivity contribution in [2.45, 2.75) is 39.0 Å². The van der Waals surface area contributed by atoms with Gasteiger partial charge >= 0.3 is 0 Å². The number of carbonyl (C=O) groups excluding carboxylic acids is 1. The predicted octanol–water partition coefficient (Wildman–Crippen LogP) is 2.82. The van der Waals surface area contributed by atoms with Gasteiger partial charge in [0.2, 0.25) is 0 Å². The highest BCUT2D eigenvalue weighted by atomic mass is 16.1. The molecule has 0 aromatic heterocycles. The summed E-state index contributed by atoms with van der Waals surface area (Å²) in [4.78, 5) is 15.0. The largest absolute Gasteiger partial charge is 0.348 e. The number of nitrogens with one attached hydrogen (secondary N) is 2. The number of amides is 1. The fraction of sp³-hybridized carbons (Fsp3) is 0.381. The van der Waals surface area contributed by atoms with E-state index >= 15 is 0 Å². The minimum atomic E-state index is 0.00176. The molecule has 2 aliphatic heterocycles. The Bertz CT molecular complexity index is 765. The smallest absolute Gasteiger partial charge is 0.251 e. The van der Waals surface area contributed by atoms with Crippen LogP contribution in [0.4, 0.5) is 0 Å². The molecule has 1 saturated heterocycles. The summed E-state index contributed by atoms with van der Waals surface area (Å²) >= 11 is 0. The van der Waals surface area contributed by atoms with Crippen molar-refractivity contribution >= 4 is 5.91 Å². The zero-order chi connectivity index (χ0) is 17.1. The van der Waals surface area contributed by atoms with Crippen LogP contribution in [0.15, 0.2) is 42.5 Å². The molecule has 2 N–H and O–H groups in total. The molecule has 4 rings (SSSR count). The number of benzene rings is 2. The van der Waals surface area contributed by atoms with Gasteiger partial charge in [-0.1, -0.05) is 30.3 Å². The van der Waals surface area contributed by atoms with E-state index < -0.39 is 0 Å². The minimum absolute atomic E-state index is 0.00176. The summed E-state index contributed by atoms with van der Waals surface area (Å²) in [6.07, 6.45) is 2.58. The standard InChI is InChI=1S/C21H25N3O/c25-21(23-12-16-6-7-19-13-22-14-20(19)10-16)18-5-3-4-17(11-18)15-24-8-1-2-9-24/h3-7,10-11,22H,1-2,8-9,12-15H2,(H,23,25). The van der Waals surface area contributed by atoms with Crippen LogP contribution in [-0.4, -0.2) is 23.9 Å². The van der Waals surface area contributed by atoms with Crippen LogP contribution in [0.3, 0.4) is 0 Å². The van der Waals surface area contributed by atoms with Crippen LogP contribution in [0.2, 0.25) is 0 Å². The molecule has 2 heterocycles. The third-order valence-electron chi connectivity index (χ3n) is 5.15. The summed E-state index contributed by atoms with van der Waals surface area (Å²) < 4.78 is 0. The second-order valence-corrected chi connectivity index (χ2v) is 7.07. The summed E-state index contributed by atoms with van der Waals surface area (Å²) in [5.74, 6) is 0.00176.